The van der Waals surface area contributed by atoms with E-state index in [1.807, 2.05) is 55.5 Å². The Morgan fingerprint density at radius 1 is 0.926 bits per heavy atom. The van der Waals surface area contributed by atoms with E-state index in [1.54, 1.807) is 36.3 Å². The molecule has 0 N–H and O–H groups in total. The third-order valence-electron chi connectivity index (χ3n) is 4.12. The number of carbonyl (C=O) groups is 1. The minimum atomic E-state index is -0.190. The van der Waals surface area contributed by atoms with Gasteiger partial charge in [0.1, 0.15) is 0 Å². The smallest absolute Gasteiger partial charge is 0.267 e. The van der Waals surface area contributed by atoms with Crippen molar-refractivity contribution in [3.8, 4) is 11.3 Å². The van der Waals surface area contributed by atoms with Crippen LogP contribution in [0.5, 0.6) is 0 Å². The molecule has 4 aromatic rings. The summed E-state index contributed by atoms with van der Waals surface area (Å²) < 4.78 is 1.49. The monoisotopic (exact) mass is 371 g/mol. The number of hydrogen-bond acceptors (Lipinski definition) is 4. The molecule has 0 bridgehead atoms. The van der Waals surface area contributed by atoms with Gasteiger partial charge in [-0.15, -0.1) is 0 Å². The molecule has 0 aliphatic heterocycles. The minimum Gasteiger partial charge on any atom is -0.267 e. The van der Waals surface area contributed by atoms with Gasteiger partial charge in [-0.25, -0.2) is 0 Å². The van der Waals surface area contributed by atoms with Crippen LogP contribution in [0.15, 0.2) is 95.0 Å². The van der Waals surface area contributed by atoms with Gasteiger partial charge in [0.05, 0.1) is 21.8 Å². The van der Waals surface area contributed by atoms with Crippen LogP contribution in [0.4, 0.5) is 0 Å². The van der Waals surface area contributed by atoms with Gasteiger partial charge in [0, 0.05) is 22.9 Å². The van der Waals surface area contributed by atoms with E-state index in [0.717, 1.165) is 26.7 Å². The average molecular weight is 371 g/mol. The lowest BCUT2D eigenvalue weighted by Gasteiger charge is -2.09. The summed E-state index contributed by atoms with van der Waals surface area (Å²) >= 11 is 1.62. The van der Waals surface area contributed by atoms with Crippen molar-refractivity contribution in [2.24, 2.45) is 0 Å². The maximum absolute atomic E-state index is 13.1. The van der Waals surface area contributed by atoms with Gasteiger partial charge in [-0.05, 0) is 31.2 Å². The summed E-state index contributed by atoms with van der Waals surface area (Å²) in [6.45, 7) is 1.94. The maximum Gasteiger partial charge on any atom is 0.280 e. The highest BCUT2D eigenvalue weighted by molar-refractivity contribution is 7.99. The zero-order chi connectivity index (χ0) is 18.6. The molecule has 2 aromatic heterocycles. The van der Waals surface area contributed by atoms with Gasteiger partial charge < -0.3 is 0 Å². The van der Waals surface area contributed by atoms with Gasteiger partial charge >= 0.3 is 0 Å². The quantitative estimate of drug-likeness (QED) is 0.501. The molecule has 0 unspecified atom stereocenters. The Kier molecular flexibility index (Phi) is 4.85. The summed E-state index contributed by atoms with van der Waals surface area (Å²) in [5, 5.41) is 4.58. The van der Waals surface area contributed by atoms with Crippen LogP contribution in [0.2, 0.25) is 0 Å². The Bertz CT molecular complexity index is 1060. The zero-order valence-electron chi connectivity index (χ0n) is 14.7. The molecule has 4 rings (SSSR count). The molecule has 4 nitrogen and oxygen atoms in total. The third kappa shape index (κ3) is 3.55. The second kappa shape index (κ2) is 7.60. The molecule has 0 amide bonds. The lowest BCUT2D eigenvalue weighted by atomic mass is 10.1. The number of aryl methyl sites for hydroxylation is 1. The maximum atomic E-state index is 13.1. The number of benzene rings is 2. The lowest BCUT2D eigenvalue weighted by Crippen LogP contribution is -2.15. The first-order valence-corrected chi connectivity index (χ1v) is 9.38. The molecule has 132 valence electrons. The van der Waals surface area contributed by atoms with Crippen LogP contribution in [-0.2, 0) is 0 Å². The largest absolute Gasteiger partial charge is 0.280 e. The van der Waals surface area contributed by atoms with E-state index in [9.17, 15) is 4.79 Å². The predicted molar refractivity (Wildman–Crippen MR) is 107 cm³/mol. The van der Waals surface area contributed by atoms with Crippen molar-refractivity contribution in [3.05, 3.63) is 96.4 Å². The summed E-state index contributed by atoms with van der Waals surface area (Å²) in [6.07, 6.45) is 3.22. The highest BCUT2D eigenvalue weighted by atomic mass is 32.2. The van der Waals surface area contributed by atoms with Crippen LogP contribution in [0.3, 0.4) is 0 Å². The second-order valence-electron chi connectivity index (χ2n) is 6.00. The number of aromatic nitrogens is 3. The van der Waals surface area contributed by atoms with Gasteiger partial charge in [-0.1, -0.05) is 60.3 Å². The zero-order valence-corrected chi connectivity index (χ0v) is 15.6. The van der Waals surface area contributed by atoms with Crippen molar-refractivity contribution in [2.75, 3.05) is 0 Å². The van der Waals surface area contributed by atoms with Crippen LogP contribution in [-0.4, -0.2) is 20.7 Å². The SMILES string of the molecule is Cc1nn(C(=O)c2cccnc2)c(-c2ccccc2)c1Sc1ccccc1. The van der Waals surface area contributed by atoms with Crippen molar-refractivity contribution in [1.29, 1.82) is 0 Å². The van der Waals surface area contributed by atoms with Crippen LogP contribution in [0.1, 0.15) is 16.1 Å². The number of pyridine rings is 1. The number of carbonyl (C=O) groups excluding carboxylic acids is 1. The van der Waals surface area contributed by atoms with E-state index >= 15 is 0 Å². The van der Waals surface area contributed by atoms with E-state index in [2.05, 4.69) is 22.2 Å². The van der Waals surface area contributed by atoms with Crippen molar-refractivity contribution in [3.63, 3.8) is 0 Å². The second-order valence-corrected chi connectivity index (χ2v) is 7.09. The molecule has 5 heteroatoms. The van der Waals surface area contributed by atoms with E-state index in [-0.39, 0.29) is 5.91 Å². The first-order chi connectivity index (χ1) is 13.2. The third-order valence-corrected chi connectivity index (χ3v) is 5.32. The van der Waals surface area contributed by atoms with Gasteiger partial charge in [0.15, 0.2) is 0 Å². The van der Waals surface area contributed by atoms with Gasteiger partial charge in [0.2, 0.25) is 0 Å². The van der Waals surface area contributed by atoms with Crippen molar-refractivity contribution in [1.82, 2.24) is 14.8 Å². The van der Waals surface area contributed by atoms with Crippen LogP contribution in [0.25, 0.3) is 11.3 Å². The van der Waals surface area contributed by atoms with E-state index < -0.39 is 0 Å². The molecule has 0 aliphatic rings. The standard InChI is InChI=1S/C22H17N3OS/c1-16-21(27-19-12-6-3-7-13-19)20(17-9-4-2-5-10-17)25(24-16)22(26)18-11-8-14-23-15-18/h2-15H,1H3. The topological polar surface area (TPSA) is 47.8 Å². The molecule has 0 aliphatic carbocycles. The molecule has 0 saturated carbocycles. The van der Waals surface area contributed by atoms with Crippen LogP contribution < -0.4 is 0 Å². The molecule has 2 heterocycles. The molecule has 0 saturated heterocycles. The summed E-state index contributed by atoms with van der Waals surface area (Å²) in [6, 6.07) is 23.5. The number of rotatable bonds is 4. The summed E-state index contributed by atoms with van der Waals surface area (Å²) in [7, 11) is 0. The average Bonchev–Trinajstić information content (AvgIpc) is 3.05. The summed E-state index contributed by atoms with van der Waals surface area (Å²) in [5.74, 6) is -0.190. The first kappa shape index (κ1) is 17.2. The number of nitrogens with zero attached hydrogens (tertiary/aromatic N) is 3. The fourth-order valence-electron chi connectivity index (χ4n) is 2.85. The van der Waals surface area contributed by atoms with Gasteiger partial charge in [-0.3, -0.25) is 9.78 Å². The molecular weight excluding hydrogens is 354 g/mol. The van der Waals surface area contributed by atoms with Crippen LogP contribution >= 0.6 is 11.8 Å². The van der Waals surface area contributed by atoms with Crippen LogP contribution in [0, 0.1) is 6.92 Å². The van der Waals surface area contributed by atoms with Gasteiger partial charge in [-0.2, -0.15) is 9.78 Å². The Hall–Kier alpha value is -3.18. The molecule has 0 spiro atoms. The first-order valence-electron chi connectivity index (χ1n) is 8.56. The Labute approximate surface area is 161 Å². The van der Waals surface area contributed by atoms with E-state index in [1.165, 1.54) is 4.68 Å². The number of hydrogen-bond donors (Lipinski definition) is 0. The summed E-state index contributed by atoms with van der Waals surface area (Å²) in [4.78, 5) is 19.3. The fourth-order valence-corrected chi connectivity index (χ4v) is 3.87. The van der Waals surface area contributed by atoms with E-state index in [0.29, 0.717) is 5.56 Å². The van der Waals surface area contributed by atoms with Crippen molar-refractivity contribution in [2.45, 2.75) is 16.7 Å². The minimum absolute atomic E-state index is 0.190. The lowest BCUT2D eigenvalue weighted by molar-refractivity contribution is 0.0946. The Morgan fingerprint density at radius 2 is 1.63 bits per heavy atom. The molecule has 2 aromatic carbocycles. The summed E-state index contributed by atoms with van der Waals surface area (Å²) in [5.41, 5.74) is 3.08. The van der Waals surface area contributed by atoms with Crippen molar-refractivity contribution < 1.29 is 4.79 Å². The van der Waals surface area contributed by atoms with E-state index in [4.69, 9.17) is 0 Å². The normalized spacial score (nSPS) is 10.7. The highest BCUT2D eigenvalue weighted by Crippen LogP contribution is 2.38. The molecule has 0 atom stereocenters. The fraction of sp³-hybridized carbons (Fsp3) is 0.0455. The van der Waals surface area contributed by atoms with Crippen molar-refractivity contribution >= 4 is 17.7 Å². The molecule has 0 radical (unpaired) electrons. The Morgan fingerprint density at radius 3 is 2.30 bits per heavy atom. The molecule has 27 heavy (non-hydrogen) atoms. The predicted octanol–water partition coefficient (Wildman–Crippen LogP) is 5.09. The highest BCUT2D eigenvalue weighted by Gasteiger charge is 2.23. The van der Waals surface area contributed by atoms with Gasteiger partial charge in [0.25, 0.3) is 5.91 Å². The Balaban J connectivity index is 1.87. The molecule has 0 fully saturated rings. The molecular formula is C22H17N3OS.